The molecule has 1 N–H and O–H groups in total. The standard InChI is InChI=1S/C24H33NO/c1-8-14-25-21(17-12-10-9-11-13-17)19-15-18(23(2,3)4)16-20(22(19)26)24(5,6)7/h9-13,15-16,26H,8,14H2,1-7H3. The summed E-state index contributed by atoms with van der Waals surface area (Å²) in [5, 5.41) is 11.2. The first kappa shape index (κ1) is 20.2. The van der Waals surface area contributed by atoms with E-state index in [1.165, 1.54) is 5.56 Å². The van der Waals surface area contributed by atoms with E-state index in [1.54, 1.807) is 0 Å². The van der Waals surface area contributed by atoms with Crippen molar-refractivity contribution in [2.24, 2.45) is 4.99 Å². The lowest BCUT2D eigenvalue weighted by molar-refractivity contribution is 0.443. The maximum atomic E-state index is 11.2. The summed E-state index contributed by atoms with van der Waals surface area (Å²) in [4.78, 5) is 4.85. The van der Waals surface area contributed by atoms with Crippen molar-refractivity contribution >= 4 is 5.71 Å². The lowest BCUT2D eigenvalue weighted by Crippen LogP contribution is -2.19. The summed E-state index contributed by atoms with van der Waals surface area (Å²) in [5.41, 5.74) is 4.79. The van der Waals surface area contributed by atoms with Gasteiger partial charge in [0.1, 0.15) is 5.75 Å². The molecule has 0 atom stereocenters. The molecule has 0 radical (unpaired) electrons. The van der Waals surface area contributed by atoms with Gasteiger partial charge in [-0.25, -0.2) is 0 Å². The van der Waals surface area contributed by atoms with E-state index in [-0.39, 0.29) is 10.8 Å². The van der Waals surface area contributed by atoms with Crippen LogP contribution in [0, 0.1) is 0 Å². The van der Waals surface area contributed by atoms with Gasteiger partial charge in [-0.05, 0) is 28.9 Å². The van der Waals surface area contributed by atoms with E-state index in [4.69, 9.17) is 4.99 Å². The molecule has 0 aliphatic carbocycles. The van der Waals surface area contributed by atoms with Gasteiger partial charge in [-0.15, -0.1) is 0 Å². The van der Waals surface area contributed by atoms with Gasteiger partial charge in [0, 0.05) is 23.2 Å². The smallest absolute Gasteiger partial charge is 0.128 e. The van der Waals surface area contributed by atoms with Crippen LogP contribution >= 0.6 is 0 Å². The van der Waals surface area contributed by atoms with Crippen LogP contribution < -0.4 is 0 Å². The molecule has 2 heteroatoms. The Bertz CT molecular complexity index is 774. The second-order valence-electron chi connectivity index (χ2n) is 9.02. The molecule has 0 bridgehead atoms. The van der Waals surface area contributed by atoms with Crippen LogP contribution in [0.1, 0.15) is 77.1 Å². The predicted molar refractivity (Wildman–Crippen MR) is 113 cm³/mol. The molecule has 0 unspecified atom stereocenters. The van der Waals surface area contributed by atoms with Crippen molar-refractivity contribution < 1.29 is 5.11 Å². The molecule has 140 valence electrons. The Hall–Kier alpha value is -2.09. The van der Waals surface area contributed by atoms with Crippen LogP contribution in [0.15, 0.2) is 47.5 Å². The molecule has 0 amide bonds. The summed E-state index contributed by atoms with van der Waals surface area (Å²) < 4.78 is 0. The second kappa shape index (κ2) is 7.65. The third kappa shape index (κ3) is 4.55. The molecule has 0 spiro atoms. The first-order valence-electron chi connectivity index (χ1n) is 9.54. The molecule has 0 saturated carbocycles. The minimum atomic E-state index is -0.146. The van der Waals surface area contributed by atoms with Crippen LogP contribution in [-0.4, -0.2) is 17.4 Å². The van der Waals surface area contributed by atoms with Crippen molar-refractivity contribution in [3.05, 3.63) is 64.7 Å². The Kier molecular flexibility index (Phi) is 5.95. The molecule has 0 saturated heterocycles. The zero-order valence-corrected chi connectivity index (χ0v) is 17.4. The van der Waals surface area contributed by atoms with E-state index in [0.717, 1.165) is 35.4 Å². The summed E-state index contributed by atoms with van der Waals surface area (Å²) in [6, 6.07) is 14.4. The quantitative estimate of drug-likeness (QED) is 0.650. The molecule has 2 aromatic rings. The highest BCUT2D eigenvalue weighted by atomic mass is 16.3. The number of aliphatic imine (C=N–C) groups is 1. The lowest BCUT2D eigenvalue weighted by atomic mass is 9.78. The molecule has 2 aromatic carbocycles. The first-order valence-corrected chi connectivity index (χ1v) is 9.54. The zero-order chi connectivity index (χ0) is 19.5. The SMILES string of the molecule is CCCN=C(c1ccccc1)c1cc(C(C)(C)C)cc(C(C)(C)C)c1O. The van der Waals surface area contributed by atoms with Crippen LogP contribution in [0.4, 0.5) is 0 Å². The zero-order valence-electron chi connectivity index (χ0n) is 17.4. The van der Waals surface area contributed by atoms with E-state index in [9.17, 15) is 5.11 Å². The largest absolute Gasteiger partial charge is 0.507 e. The van der Waals surface area contributed by atoms with E-state index in [1.807, 2.05) is 18.2 Å². The molecule has 0 aromatic heterocycles. The highest BCUT2D eigenvalue weighted by Crippen LogP contribution is 2.38. The highest BCUT2D eigenvalue weighted by Gasteiger charge is 2.26. The Labute approximate surface area is 159 Å². The third-order valence-corrected chi connectivity index (χ3v) is 4.58. The molecule has 0 aliphatic heterocycles. The van der Waals surface area contributed by atoms with Crippen molar-refractivity contribution in [1.82, 2.24) is 0 Å². The molecular weight excluding hydrogens is 318 g/mol. The van der Waals surface area contributed by atoms with Crippen molar-refractivity contribution in [2.75, 3.05) is 6.54 Å². The van der Waals surface area contributed by atoms with Gasteiger partial charge in [0.05, 0.1) is 5.71 Å². The number of benzene rings is 2. The summed E-state index contributed by atoms with van der Waals surface area (Å²) in [6.07, 6.45) is 0.974. The van der Waals surface area contributed by atoms with Gasteiger partial charge in [-0.3, -0.25) is 4.99 Å². The molecule has 0 heterocycles. The van der Waals surface area contributed by atoms with Crippen LogP contribution in [-0.2, 0) is 10.8 Å². The fourth-order valence-corrected chi connectivity index (χ4v) is 2.97. The van der Waals surface area contributed by atoms with Gasteiger partial charge in [-0.1, -0.05) is 84.9 Å². The van der Waals surface area contributed by atoms with Crippen LogP contribution in [0.2, 0.25) is 0 Å². The van der Waals surface area contributed by atoms with Crippen LogP contribution in [0.25, 0.3) is 0 Å². The fourth-order valence-electron chi connectivity index (χ4n) is 2.97. The molecule has 0 aliphatic rings. The molecular formula is C24H33NO. The maximum absolute atomic E-state index is 11.2. The number of nitrogens with zero attached hydrogens (tertiary/aromatic N) is 1. The van der Waals surface area contributed by atoms with E-state index in [2.05, 4.69) is 72.7 Å². The average molecular weight is 352 g/mol. The van der Waals surface area contributed by atoms with Crippen LogP contribution in [0.3, 0.4) is 0 Å². The van der Waals surface area contributed by atoms with Crippen molar-refractivity contribution in [1.29, 1.82) is 0 Å². The summed E-state index contributed by atoms with van der Waals surface area (Å²) >= 11 is 0. The summed E-state index contributed by atoms with van der Waals surface area (Å²) in [6.45, 7) is 15.9. The Morgan fingerprint density at radius 3 is 2.04 bits per heavy atom. The Morgan fingerprint density at radius 2 is 1.54 bits per heavy atom. The second-order valence-corrected chi connectivity index (χ2v) is 9.02. The normalized spacial score (nSPS) is 13.1. The maximum Gasteiger partial charge on any atom is 0.128 e. The van der Waals surface area contributed by atoms with Crippen molar-refractivity contribution in [3.63, 3.8) is 0 Å². The molecule has 0 fully saturated rings. The van der Waals surface area contributed by atoms with E-state index >= 15 is 0 Å². The van der Waals surface area contributed by atoms with Crippen LogP contribution in [0.5, 0.6) is 5.75 Å². The van der Waals surface area contributed by atoms with E-state index < -0.39 is 0 Å². The summed E-state index contributed by atoms with van der Waals surface area (Å²) in [5.74, 6) is 0.351. The number of phenolic OH excluding ortho intramolecular Hbond substituents is 1. The van der Waals surface area contributed by atoms with Crippen molar-refractivity contribution in [3.8, 4) is 5.75 Å². The van der Waals surface area contributed by atoms with Gasteiger partial charge in [0.2, 0.25) is 0 Å². The van der Waals surface area contributed by atoms with E-state index in [0.29, 0.717) is 5.75 Å². The number of hydrogen-bond donors (Lipinski definition) is 1. The first-order chi connectivity index (χ1) is 12.1. The summed E-state index contributed by atoms with van der Waals surface area (Å²) in [7, 11) is 0. The number of phenols is 1. The minimum absolute atomic E-state index is 0.00496. The predicted octanol–water partition coefficient (Wildman–Crippen LogP) is 6.23. The molecule has 26 heavy (non-hydrogen) atoms. The minimum Gasteiger partial charge on any atom is -0.507 e. The fraction of sp³-hybridized carbons (Fsp3) is 0.458. The molecule has 2 rings (SSSR count). The average Bonchev–Trinajstić information content (AvgIpc) is 2.55. The molecule has 2 nitrogen and oxygen atoms in total. The number of aromatic hydroxyl groups is 1. The highest BCUT2D eigenvalue weighted by molar-refractivity contribution is 6.14. The Balaban J connectivity index is 2.79. The number of hydrogen-bond acceptors (Lipinski definition) is 2. The van der Waals surface area contributed by atoms with Gasteiger partial charge in [-0.2, -0.15) is 0 Å². The van der Waals surface area contributed by atoms with Gasteiger partial charge < -0.3 is 5.11 Å². The third-order valence-electron chi connectivity index (χ3n) is 4.58. The van der Waals surface area contributed by atoms with Gasteiger partial charge >= 0.3 is 0 Å². The topological polar surface area (TPSA) is 32.6 Å². The lowest BCUT2D eigenvalue weighted by Gasteiger charge is -2.28. The monoisotopic (exact) mass is 351 g/mol. The van der Waals surface area contributed by atoms with Gasteiger partial charge in [0.15, 0.2) is 0 Å². The Morgan fingerprint density at radius 1 is 0.923 bits per heavy atom. The number of rotatable bonds is 4. The van der Waals surface area contributed by atoms with Crippen molar-refractivity contribution in [2.45, 2.75) is 65.7 Å². The van der Waals surface area contributed by atoms with Gasteiger partial charge in [0.25, 0.3) is 0 Å².